The average Bonchev–Trinajstić information content (AvgIpc) is 2.87. The number of nitrogens with two attached hydrogens (primary N) is 1. The Bertz CT molecular complexity index is 554. The second kappa shape index (κ2) is 5.09. The topological polar surface area (TPSA) is 54.7 Å². The van der Waals surface area contributed by atoms with Gasteiger partial charge in [-0.3, -0.25) is 0 Å². The number of hydrogen-bond acceptors (Lipinski definition) is 2. The molecule has 0 radical (unpaired) electrons. The van der Waals surface area contributed by atoms with Crippen LogP contribution in [0.5, 0.6) is 0 Å². The Morgan fingerprint density at radius 2 is 1.74 bits per heavy atom. The Kier molecular flexibility index (Phi) is 3.66. The molecule has 19 heavy (non-hydrogen) atoms. The van der Waals surface area contributed by atoms with Crippen molar-refractivity contribution in [3.05, 3.63) is 41.9 Å². The number of aromatic nitrogens is 2. The molecule has 0 aliphatic heterocycles. The van der Waals surface area contributed by atoms with Gasteiger partial charge in [0.15, 0.2) is 0 Å². The monoisotopic (exact) mass is 265 g/mol. The molecule has 0 atom stereocenters. The lowest BCUT2D eigenvalue weighted by molar-refractivity contribution is 0.391. The van der Waals surface area contributed by atoms with Crippen LogP contribution in [-0.2, 0) is 5.54 Å². The summed E-state index contributed by atoms with van der Waals surface area (Å²) in [6.45, 7) is 3.96. The van der Waals surface area contributed by atoms with E-state index in [1.54, 1.807) is 6.20 Å². The fourth-order valence-corrected chi connectivity index (χ4v) is 2.02. The largest absolute Gasteiger partial charge is 0.340 e. The second-order valence-electron chi connectivity index (χ2n) is 4.67. The minimum Gasteiger partial charge on any atom is -0.340 e. The number of rotatable bonds is 4. The SMILES string of the molecule is CCC(N)(CC)c1ncc(-c2cc(F)cc(F)c2)[nH]1. The standard InChI is InChI=1S/C14H17F2N3/c1-3-14(17,4-2)13-18-8-12(19-13)9-5-10(15)7-11(16)6-9/h5-8H,3-4,17H2,1-2H3,(H,18,19). The van der Waals surface area contributed by atoms with Crippen LogP contribution in [0.25, 0.3) is 11.3 Å². The van der Waals surface area contributed by atoms with E-state index in [0.717, 1.165) is 18.9 Å². The molecule has 0 amide bonds. The highest BCUT2D eigenvalue weighted by Gasteiger charge is 2.26. The van der Waals surface area contributed by atoms with E-state index in [-0.39, 0.29) is 0 Å². The number of nitrogens with one attached hydrogen (secondary N) is 1. The number of halogens is 2. The van der Waals surface area contributed by atoms with Gasteiger partial charge in [0.2, 0.25) is 0 Å². The number of imidazole rings is 1. The Morgan fingerprint density at radius 3 is 2.26 bits per heavy atom. The van der Waals surface area contributed by atoms with Gasteiger partial charge in [-0.2, -0.15) is 0 Å². The molecule has 0 aliphatic rings. The maximum absolute atomic E-state index is 13.2. The fourth-order valence-electron chi connectivity index (χ4n) is 2.02. The first-order valence-electron chi connectivity index (χ1n) is 6.29. The van der Waals surface area contributed by atoms with Crippen molar-refractivity contribution in [3.63, 3.8) is 0 Å². The lowest BCUT2D eigenvalue weighted by atomic mass is 9.93. The molecule has 5 heteroatoms. The zero-order chi connectivity index (χ0) is 14.0. The molecular weight excluding hydrogens is 248 g/mol. The Labute approximate surface area is 110 Å². The molecule has 2 rings (SSSR count). The van der Waals surface area contributed by atoms with Crippen LogP contribution in [0.1, 0.15) is 32.5 Å². The van der Waals surface area contributed by atoms with Crippen LogP contribution >= 0.6 is 0 Å². The first-order chi connectivity index (χ1) is 8.98. The molecule has 0 fully saturated rings. The summed E-state index contributed by atoms with van der Waals surface area (Å²) in [6.07, 6.45) is 3.01. The Morgan fingerprint density at radius 1 is 1.16 bits per heavy atom. The molecule has 1 heterocycles. The smallest absolute Gasteiger partial charge is 0.126 e. The van der Waals surface area contributed by atoms with Gasteiger partial charge in [0.1, 0.15) is 17.5 Å². The van der Waals surface area contributed by atoms with Crippen molar-refractivity contribution in [1.29, 1.82) is 0 Å². The molecule has 102 valence electrons. The van der Waals surface area contributed by atoms with E-state index in [2.05, 4.69) is 9.97 Å². The molecular formula is C14H17F2N3. The summed E-state index contributed by atoms with van der Waals surface area (Å²) >= 11 is 0. The van der Waals surface area contributed by atoms with Crippen LogP contribution in [0.3, 0.4) is 0 Å². The number of aromatic amines is 1. The maximum atomic E-state index is 13.2. The quantitative estimate of drug-likeness (QED) is 0.891. The molecule has 0 saturated carbocycles. The summed E-state index contributed by atoms with van der Waals surface area (Å²) in [5.74, 6) is -0.593. The van der Waals surface area contributed by atoms with Crippen LogP contribution in [0.2, 0.25) is 0 Å². The normalized spacial score (nSPS) is 11.8. The third-order valence-electron chi connectivity index (χ3n) is 3.48. The highest BCUT2D eigenvalue weighted by molar-refractivity contribution is 5.58. The molecule has 3 N–H and O–H groups in total. The fraction of sp³-hybridized carbons (Fsp3) is 0.357. The first kappa shape index (κ1) is 13.7. The van der Waals surface area contributed by atoms with Gasteiger partial charge >= 0.3 is 0 Å². The van der Waals surface area contributed by atoms with Crippen LogP contribution in [0.4, 0.5) is 8.78 Å². The van der Waals surface area contributed by atoms with E-state index in [1.807, 2.05) is 13.8 Å². The lowest BCUT2D eigenvalue weighted by Gasteiger charge is -2.23. The van der Waals surface area contributed by atoms with Gasteiger partial charge in [0.25, 0.3) is 0 Å². The highest BCUT2D eigenvalue weighted by atomic mass is 19.1. The number of benzene rings is 1. The average molecular weight is 265 g/mol. The number of hydrogen-bond donors (Lipinski definition) is 2. The van der Waals surface area contributed by atoms with Crippen molar-refractivity contribution in [2.75, 3.05) is 0 Å². The summed E-state index contributed by atoms with van der Waals surface area (Å²) in [5.41, 5.74) is 6.67. The Balaban J connectivity index is 2.40. The summed E-state index contributed by atoms with van der Waals surface area (Å²) in [7, 11) is 0. The van der Waals surface area contributed by atoms with Gasteiger partial charge in [-0.1, -0.05) is 13.8 Å². The van der Waals surface area contributed by atoms with E-state index in [0.29, 0.717) is 17.1 Å². The minimum absolute atomic E-state index is 0.422. The number of nitrogens with zero attached hydrogens (tertiary/aromatic N) is 1. The third-order valence-corrected chi connectivity index (χ3v) is 3.48. The van der Waals surface area contributed by atoms with Crippen LogP contribution in [-0.4, -0.2) is 9.97 Å². The minimum atomic E-state index is -0.615. The predicted molar refractivity (Wildman–Crippen MR) is 70.4 cm³/mol. The van der Waals surface area contributed by atoms with Gasteiger partial charge < -0.3 is 10.7 Å². The van der Waals surface area contributed by atoms with Gasteiger partial charge in [-0.05, 0) is 25.0 Å². The van der Waals surface area contributed by atoms with Crippen LogP contribution in [0.15, 0.2) is 24.4 Å². The zero-order valence-electron chi connectivity index (χ0n) is 11.0. The van der Waals surface area contributed by atoms with Crippen molar-refractivity contribution in [2.45, 2.75) is 32.2 Å². The van der Waals surface area contributed by atoms with Gasteiger partial charge in [0, 0.05) is 11.6 Å². The summed E-state index contributed by atoms with van der Waals surface area (Å²) in [4.78, 5) is 7.30. The van der Waals surface area contributed by atoms with Crippen LogP contribution < -0.4 is 5.73 Å². The van der Waals surface area contributed by atoms with E-state index >= 15 is 0 Å². The molecule has 2 aromatic rings. The summed E-state index contributed by atoms with van der Waals surface area (Å²) in [6, 6.07) is 3.36. The molecule has 0 unspecified atom stereocenters. The van der Waals surface area contributed by atoms with Crippen LogP contribution in [0, 0.1) is 11.6 Å². The molecule has 1 aromatic heterocycles. The van der Waals surface area contributed by atoms with E-state index in [4.69, 9.17) is 5.73 Å². The van der Waals surface area contributed by atoms with E-state index < -0.39 is 17.2 Å². The zero-order valence-corrected chi connectivity index (χ0v) is 11.0. The highest BCUT2D eigenvalue weighted by Crippen LogP contribution is 2.26. The molecule has 1 aromatic carbocycles. The third kappa shape index (κ3) is 2.66. The van der Waals surface area contributed by atoms with Crippen molar-refractivity contribution < 1.29 is 8.78 Å². The molecule has 0 aliphatic carbocycles. The van der Waals surface area contributed by atoms with Crippen molar-refractivity contribution in [3.8, 4) is 11.3 Å². The van der Waals surface area contributed by atoms with Crippen molar-refractivity contribution >= 4 is 0 Å². The van der Waals surface area contributed by atoms with Gasteiger partial charge in [-0.25, -0.2) is 13.8 Å². The second-order valence-corrected chi connectivity index (χ2v) is 4.67. The van der Waals surface area contributed by atoms with Gasteiger partial charge in [-0.15, -0.1) is 0 Å². The first-order valence-corrected chi connectivity index (χ1v) is 6.29. The lowest BCUT2D eigenvalue weighted by Crippen LogP contribution is -2.36. The Hall–Kier alpha value is -1.75. The number of H-pyrrole nitrogens is 1. The van der Waals surface area contributed by atoms with E-state index in [1.165, 1.54) is 12.1 Å². The van der Waals surface area contributed by atoms with E-state index in [9.17, 15) is 8.78 Å². The molecule has 0 bridgehead atoms. The van der Waals surface area contributed by atoms with Crippen molar-refractivity contribution in [2.24, 2.45) is 5.73 Å². The molecule has 0 spiro atoms. The predicted octanol–water partition coefficient (Wildman–Crippen LogP) is 3.33. The molecule has 0 saturated heterocycles. The maximum Gasteiger partial charge on any atom is 0.126 e. The van der Waals surface area contributed by atoms with Gasteiger partial charge in [0.05, 0.1) is 17.4 Å². The summed E-state index contributed by atoms with van der Waals surface area (Å²) < 4.78 is 26.4. The van der Waals surface area contributed by atoms with Crippen molar-refractivity contribution in [1.82, 2.24) is 9.97 Å². The summed E-state index contributed by atoms with van der Waals surface area (Å²) in [5, 5.41) is 0. The molecule has 3 nitrogen and oxygen atoms in total.